The molecule has 0 saturated heterocycles. The minimum Gasteiger partial charge on any atom is -0.481 e. The second-order valence-corrected chi connectivity index (χ2v) is 4.05. The van der Waals surface area contributed by atoms with Crippen LogP contribution in [-0.4, -0.2) is 42.0 Å². The van der Waals surface area contributed by atoms with Gasteiger partial charge in [-0.1, -0.05) is 0 Å². The molecule has 1 amide bonds. The second kappa shape index (κ2) is 6.79. The van der Waals surface area contributed by atoms with Gasteiger partial charge >= 0.3 is 5.97 Å². The normalized spacial score (nSPS) is 10.5. The van der Waals surface area contributed by atoms with E-state index < -0.39 is 23.5 Å². The van der Waals surface area contributed by atoms with E-state index in [-0.39, 0.29) is 25.2 Å². The Morgan fingerprint density at radius 2 is 2.05 bits per heavy atom. The van der Waals surface area contributed by atoms with Gasteiger partial charge in [-0.15, -0.1) is 0 Å². The Hall–Kier alpha value is -2.02. The maximum absolute atomic E-state index is 13.2. The molecule has 1 rings (SSSR count). The van der Waals surface area contributed by atoms with Crippen molar-refractivity contribution in [2.75, 3.05) is 25.5 Å². The molecule has 0 saturated carbocycles. The molecular weight excluding hydrogens is 258 g/mol. The van der Waals surface area contributed by atoms with Crippen LogP contribution in [0.5, 0.6) is 0 Å². The summed E-state index contributed by atoms with van der Waals surface area (Å²) in [7, 11) is 1.56. The molecule has 7 heteroatoms. The van der Waals surface area contributed by atoms with Crippen molar-refractivity contribution in [1.29, 1.82) is 0 Å². The van der Waals surface area contributed by atoms with E-state index in [1.807, 2.05) is 0 Å². The molecule has 0 fully saturated rings. The molecule has 0 bridgehead atoms. The Morgan fingerprint density at radius 3 is 2.68 bits per heavy atom. The third-order valence-electron chi connectivity index (χ3n) is 2.32. The molecule has 0 radical (unpaired) electrons. The van der Waals surface area contributed by atoms with Crippen LogP contribution in [0.15, 0.2) is 18.2 Å². The number of benzene rings is 1. The third-order valence-corrected chi connectivity index (χ3v) is 2.32. The Morgan fingerprint density at radius 1 is 1.37 bits per heavy atom. The van der Waals surface area contributed by atoms with Crippen LogP contribution in [0.25, 0.3) is 0 Å². The van der Waals surface area contributed by atoms with Crippen molar-refractivity contribution < 1.29 is 23.5 Å². The van der Waals surface area contributed by atoms with Gasteiger partial charge in [-0.3, -0.25) is 14.5 Å². The summed E-state index contributed by atoms with van der Waals surface area (Å²) in [6.45, 7) is 0.0810. The number of carbonyl (C=O) groups excluding carboxylic acids is 1. The summed E-state index contributed by atoms with van der Waals surface area (Å²) in [5, 5.41) is 10.7. The van der Waals surface area contributed by atoms with Crippen LogP contribution in [-0.2, 0) is 9.59 Å². The summed E-state index contributed by atoms with van der Waals surface area (Å²) < 4.78 is 26.1. The fourth-order valence-electron chi connectivity index (χ4n) is 1.39. The quantitative estimate of drug-likeness (QED) is 0.819. The number of carboxylic acid groups (broad SMARTS) is 1. The molecular formula is C12H14F2N2O3. The summed E-state index contributed by atoms with van der Waals surface area (Å²) in [6, 6.07) is 2.74. The first-order valence-electron chi connectivity index (χ1n) is 5.53. The Labute approximate surface area is 108 Å². The van der Waals surface area contributed by atoms with Gasteiger partial charge in [0, 0.05) is 12.6 Å². The highest BCUT2D eigenvalue weighted by atomic mass is 19.1. The number of likely N-dealkylation sites (N-methyl/N-ethyl adjacent to an activating group) is 1. The van der Waals surface area contributed by atoms with Crippen LogP contribution < -0.4 is 5.32 Å². The molecule has 0 aromatic heterocycles. The predicted molar refractivity (Wildman–Crippen MR) is 64.7 cm³/mol. The van der Waals surface area contributed by atoms with Crippen LogP contribution in [0.3, 0.4) is 0 Å². The van der Waals surface area contributed by atoms with Gasteiger partial charge < -0.3 is 10.4 Å². The van der Waals surface area contributed by atoms with Crippen LogP contribution in [0.2, 0.25) is 0 Å². The van der Waals surface area contributed by atoms with Gasteiger partial charge in [0.25, 0.3) is 0 Å². The van der Waals surface area contributed by atoms with Gasteiger partial charge in [0.1, 0.15) is 11.6 Å². The molecule has 1 aromatic rings. The van der Waals surface area contributed by atoms with Crippen molar-refractivity contribution in [3.63, 3.8) is 0 Å². The number of carbonyl (C=O) groups is 2. The van der Waals surface area contributed by atoms with Gasteiger partial charge in [0.15, 0.2) is 0 Å². The molecule has 0 aliphatic rings. The summed E-state index contributed by atoms with van der Waals surface area (Å²) in [6.07, 6.45) is -0.0991. The van der Waals surface area contributed by atoms with Gasteiger partial charge in [0.2, 0.25) is 5.91 Å². The molecule has 104 valence electrons. The Bertz CT molecular complexity index is 480. The number of amides is 1. The Kier molecular flexibility index (Phi) is 5.37. The lowest BCUT2D eigenvalue weighted by atomic mass is 10.3. The number of aliphatic carboxylic acids is 1. The third kappa shape index (κ3) is 5.43. The van der Waals surface area contributed by atoms with E-state index >= 15 is 0 Å². The van der Waals surface area contributed by atoms with Crippen LogP contribution in [0.4, 0.5) is 14.5 Å². The lowest BCUT2D eigenvalue weighted by molar-refractivity contribution is -0.137. The second-order valence-electron chi connectivity index (χ2n) is 4.05. The zero-order valence-corrected chi connectivity index (χ0v) is 10.3. The maximum Gasteiger partial charge on any atom is 0.304 e. The molecule has 0 unspecified atom stereocenters. The fourth-order valence-corrected chi connectivity index (χ4v) is 1.39. The lowest BCUT2D eigenvalue weighted by Crippen LogP contribution is -2.32. The minimum atomic E-state index is -0.969. The zero-order valence-electron chi connectivity index (χ0n) is 10.3. The number of halogens is 2. The number of anilines is 1. The average Bonchev–Trinajstić information content (AvgIpc) is 2.31. The molecule has 19 heavy (non-hydrogen) atoms. The highest BCUT2D eigenvalue weighted by molar-refractivity contribution is 5.92. The number of hydrogen-bond acceptors (Lipinski definition) is 3. The topological polar surface area (TPSA) is 69.6 Å². The molecule has 2 N–H and O–H groups in total. The van der Waals surface area contributed by atoms with Crippen molar-refractivity contribution >= 4 is 17.6 Å². The number of nitrogens with zero attached hydrogens (tertiary/aromatic N) is 1. The largest absolute Gasteiger partial charge is 0.481 e. The smallest absolute Gasteiger partial charge is 0.304 e. The SMILES string of the molecule is CN(CCC(=O)O)CC(=O)Nc1cc(F)ccc1F. The minimum absolute atomic E-state index is 0.0991. The van der Waals surface area contributed by atoms with Gasteiger partial charge in [-0.05, 0) is 19.2 Å². The highest BCUT2D eigenvalue weighted by Crippen LogP contribution is 2.14. The number of nitrogens with one attached hydrogen (secondary N) is 1. The molecule has 0 aliphatic carbocycles. The molecule has 1 aromatic carbocycles. The fraction of sp³-hybridized carbons (Fsp3) is 0.333. The van der Waals surface area contributed by atoms with E-state index in [9.17, 15) is 18.4 Å². The summed E-state index contributed by atoms with van der Waals surface area (Å²) in [4.78, 5) is 23.4. The van der Waals surface area contributed by atoms with E-state index in [1.165, 1.54) is 4.90 Å². The van der Waals surface area contributed by atoms with Crippen molar-refractivity contribution in [1.82, 2.24) is 4.90 Å². The molecule has 0 heterocycles. The molecule has 5 nitrogen and oxygen atoms in total. The lowest BCUT2D eigenvalue weighted by Gasteiger charge is -2.15. The molecule has 0 spiro atoms. The molecule has 0 atom stereocenters. The first kappa shape index (κ1) is 15.0. The first-order chi connectivity index (χ1) is 8.88. The predicted octanol–water partition coefficient (Wildman–Crippen LogP) is 1.31. The van der Waals surface area contributed by atoms with E-state index in [2.05, 4.69) is 5.32 Å². The number of carboxylic acids is 1. The van der Waals surface area contributed by atoms with Gasteiger partial charge in [-0.25, -0.2) is 8.78 Å². The van der Waals surface area contributed by atoms with E-state index in [4.69, 9.17) is 5.11 Å². The van der Waals surface area contributed by atoms with E-state index in [0.717, 1.165) is 18.2 Å². The van der Waals surface area contributed by atoms with E-state index in [1.54, 1.807) is 7.05 Å². The van der Waals surface area contributed by atoms with Gasteiger partial charge in [0.05, 0.1) is 18.7 Å². The van der Waals surface area contributed by atoms with Gasteiger partial charge in [-0.2, -0.15) is 0 Å². The van der Waals surface area contributed by atoms with Crippen LogP contribution >= 0.6 is 0 Å². The van der Waals surface area contributed by atoms with Crippen molar-refractivity contribution in [2.45, 2.75) is 6.42 Å². The van der Waals surface area contributed by atoms with Crippen LogP contribution in [0, 0.1) is 11.6 Å². The zero-order chi connectivity index (χ0) is 14.4. The maximum atomic E-state index is 13.2. The average molecular weight is 272 g/mol. The highest BCUT2D eigenvalue weighted by Gasteiger charge is 2.11. The number of rotatable bonds is 6. The summed E-state index contributed by atoms with van der Waals surface area (Å²) in [5.74, 6) is -2.90. The Balaban J connectivity index is 2.50. The summed E-state index contributed by atoms with van der Waals surface area (Å²) >= 11 is 0. The van der Waals surface area contributed by atoms with Crippen molar-refractivity contribution in [2.24, 2.45) is 0 Å². The monoisotopic (exact) mass is 272 g/mol. The van der Waals surface area contributed by atoms with Crippen LogP contribution in [0.1, 0.15) is 6.42 Å². The number of hydrogen-bond donors (Lipinski definition) is 2. The molecule has 0 aliphatic heterocycles. The standard InChI is InChI=1S/C12H14F2N2O3/c1-16(5-4-12(18)19)7-11(17)15-10-6-8(13)2-3-9(10)14/h2-3,6H,4-5,7H2,1H3,(H,15,17)(H,18,19). The first-order valence-corrected chi connectivity index (χ1v) is 5.53. The van der Waals surface area contributed by atoms with E-state index in [0.29, 0.717) is 0 Å². The van der Waals surface area contributed by atoms with Crippen molar-refractivity contribution in [3.8, 4) is 0 Å². The van der Waals surface area contributed by atoms with Crippen molar-refractivity contribution in [3.05, 3.63) is 29.8 Å². The summed E-state index contributed by atoms with van der Waals surface area (Å²) in [5.41, 5.74) is -0.239.